The predicted octanol–water partition coefficient (Wildman–Crippen LogP) is 3.44. The van der Waals surface area contributed by atoms with E-state index in [1.54, 1.807) is 43.5 Å². The lowest BCUT2D eigenvalue weighted by Crippen LogP contribution is -2.70. The zero-order chi connectivity index (χ0) is 28.7. The number of aryl methyl sites for hydroxylation is 1. The van der Waals surface area contributed by atoms with Crippen molar-refractivity contribution >= 4 is 50.0 Å². The summed E-state index contributed by atoms with van der Waals surface area (Å²) < 4.78 is 28.4. The summed E-state index contributed by atoms with van der Waals surface area (Å²) in [5.41, 5.74) is 4.01. The van der Waals surface area contributed by atoms with E-state index in [0.717, 1.165) is 47.0 Å². The van der Waals surface area contributed by atoms with Crippen LogP contribution in [0.3, 0.4) is 0 Å². The number of carboxylic acid groups (broad SMARTS) is 1. The molecule has 2 fully saturated rings. The summed E-state index contributed by atoms with van der Waals surface area (Å²) in [7, 11) is -4.08. The van der Waals surface area contributed by atoms with Gasteiger partial charge in [-0.05, 0) is 73.9 Å². The van der Waals surface area contributed by atoms with Gasteiger partial charge in [-0.1, -0.05) is 23.7 Å². The maximum absolute atomic E-state index is 13.7. The first-order valence-electron chi connectivity index (χ1n) is 13.1. The molecule has 0 radical (unpaired) electrons. The molecule has 2 aliphatic heterocycles. The number of sulfonamides is 1. The summed E-state index contributed by atoms with van der Waals surface area (Å²) in [6.07, 6.45) is 2.84. The SMILES string of the molecule is Cc1cc(N2CCC(NN3C(=O)CN(S(=O)(=O)c4ccc5cc(Cl)ccc5c4)CC3(C)CC(=O)O)CC2)ccn1. The average Bonchev–Trinajstić information content (AvgIpc) is 2.90. The van der Waals surface area contributed by atoms with Crippen molar-refractivity contribution in [3.05, 3.63) is 65.4 Å². The van der Waals surface area contributed by atoms with Crippen LogP contribution >= 0.6 is 11.6 Å². The van der Waals surface area contributed by atoms with Crippen molar-refractivity contribution in [1.29, 1.82) is 0 Å². The molecule has 3 heterocycles. The Bertz CT molecular complexity index is 1560. The van der Waals surface area contributed by atoms with Crippen molar-refractivity contribution in [3.8, 4) is 0 Å². The standard InChI is InChI=1S/C28H32ClN5O5S/c1-19-13-24(7-10-30-19)32-11-8-23(9-12-32)31-34-26(35)17-33(18-28(34,2)16-27(36)37)40(38,39)25-6-4-20-14-22(29)5-3-21(20)15-25/h3-7,10,13-15,23,31H,8-9,11-12,16-18H2,1-2H3,(H,36,37). The monoisotopic (exact) mass is 585 g/mol. The summed E-state index contributed by atoms with van der Waals surface area (Å²) >= 11 is 6.06. The second kappa shape index (κ2) is 11.0. The van der Waals surface area contributed by atoms with E-state index >= 15 is 0 Å². The Kier molecular flexibility index (Phi) is 7.75. The van der Waals surface area contributed by atoms with Crippen molar-refractivity contribution in [2.45, 2.75) is 49.6 Å². The summed E-state index contributed by atoms with van der Waals surface area (Å²) in [5.74, 6) is -1.61. The second-order valence-corrected chi connectivity index (χ2v) is 13.1. The van der Waals surface area contributed by atoms with Crippen LogP contribution in [0.15, 0.2) is 59.6 Å². The summed E-state index contributed by atoms with van der Waals surface area (Å²) in [4.78, 5) is 31.9. The van der Waals surface area contributed by atoms with Gasteiger partial charge in [0.2, 0.25) is 10.0 Å². The van der Waals surface area contributed by atoms with Crippen molar-refractivity contribution in [3.63, 3.8) is 0 Å². The molecule has 10 nitrogen and oxygen atoms in total. The predicted molar refractivity (Wildman–Crippen MR) is 153 cm³/mol. The Morgan fingerprint density at radius 1 is 1.12 bits per heavy atom. The van der Waals surface area contributed by atoms with Crippen LogP contribution in [0.2, 0.25) is 5.02 Å². The van der Waals surface area contributed by atoms with E-state index in [2.05, 4.69) is 15.3 Å². The Labute approximate surface area is 238 Å². The smallest absolute Gasteiger partial charge is 0.305 e. The van der Waals surface area contributed by atoms with Gasteiger partial charge < -0.3 is 10.0 Å². The van der Waals surface area contributed by atoms with Gasteiger partial charge in [-0.2, -0.15) is 4.31 Å². The Hall–Kier alpha value is -3.25. The summed E-state index contributed by atoms with van der Waals surface area (Å²) in [5, 5.41) is 13.1. The fraction of sp³-hybridized carbons (Fsp3) is 0.393. The first kappa shape index (κ1) is 28.3. The van der Waals surface area contributed by atoms with E-state index in [-0.39, 0.29) is 17.5 Å². The molecule has 2 saturated heterocycles. The Morgan fingerprint density at radius 2 is 1.82 bits per heavy atom. The maximum atomic E-state index is 13.7. The van der Waals surface area contributed by atoms with E-state index in [1.807, 2.05) is 19.1 Å². The number of halogens is 1. The molecule has 1 aromatic heterocycles. The number of anilines is 1. The molecular weight excluding hydrogens is 554 g/mol. The molecule has 1 amide bonds. The van der Waals surface area contributed by atoms with Gasteiger partial charge in [0.1, 0.15) is 0 Å². The van der Waals surface area contributed by atoms with Crippen molar-refractivity contribution in [1.82, 2.24) is 19.7 Å². The van der Waals surface area contributed by atoms with Crippen molar-refractivity contribution in [2.24, 2.45) is 0 Å². The number of benzene rings is 2. The minimum atomic E-state index is -4.08. The molecule has 0 spiro atoms. The number of aliphatic carboxylic acids is 1. The molecule has 2 N–H and O–H groups in total. The summed E-state index contributed by atoms with van der Waals surface area (Å²) in [6.45, 7) is 4.53. The van der Waals surface area contributed by atoms with Crippen LogP contribution in [-0.4, -0.2) is 77.5 Å². The largest absolute Gasteiger partial charge is 0.481 e. The van der Waals surface area contributed by atoms with E-state index in [0.29, 0.717) is 10.4 Å². The molecule has 12 heteroatoms. The first-order chi connectivity index (χ1) is 18.9. The van der Waals surface area contributed by atoms with Gasteiger partial charge in [0, 0.05) is 48.3 Å². The molecule has 2 aromatic carbocycles. The fourth-order valence-electron chi connectivity index (χ4n) is 5.57. The van der Waals surface area contributed by atoms with Gasteiger partial charge >= 0.3 is 5.97 Å². The zero-order valence-electron chi connectivity index (χ0n) is 22.4. The van der Waals surface area contributed by atoms with Crippen LogP contribution < -0.4 is 10.3 Å². The van der Waals surface area contributed by atoms with Gasteiger partial charge in [-0.15, -0.1) is 0 Å². The minimum absolute atomic E-state index is 0.0351. The summed E-state index contributed by atoms with van der Waals surface area (Å²) in [6, 6.07) is 13.8. The highest BCUT2D eigenvalue weighted by atomic mass is 35.5. The third-order valence-corrected chi connectivity index (χ3v) is 9.64. The molecule has 2 aliphatic rings. The van der Waals surface area contributed by atoms with E-state index in [1.165, 1.54) is 11.1 Å². The van der Waals surface area contributed by atoms with Crippen LogP contribution in [0.5, 0.6) is 0 Å². The Balaban J connectivity index is 1.33. The van der Waals surface area contributed by atoms with Gasteiger partial charge in [0.25, 0.3) is 5.91 Å². The molecule has 0 saturated carbocycles. The highest BCUT2D eigenvalue weighted by Gasteiger charge is 2.48. The number of hydrogen-bond donors (Lipinski definition) is 2. The number of hydrogen-bond acceptors (Lipinski definition) is 7. The van der Waals surface area contributed by atoms with E-state index in [9.17, 15) is 23.1 Å². The number of piperidine rings is 1. The minimum Gasteiger partial charge on any atom is -0.481 e. The number of fused-ring (bicyclic) bond motifs is 1. The molecule has 3 aromatic rings. The topological polar surface area (TPSA) is 123 Å². The number of carboxylic acids is 1. The van der Waals surface area contributed by atoms with Gasteiger partial charge in [0.15, 0.2) is 0 Å². The van der Waals surface area contributed by atoms with Crippen LogP contribution in [-0.2, 0) is 19.6 Å². The number of amides is 1. The number of aromatic nitrogens is 1. The highest BCUT2D eigenvalue weighted by Crippen LogP contribution is 2.31. The Morgan fingerprint density at radius 3 is 2.52 bits per heavy atom. The van der Waals surface area contributed by atoms with Gasteiger partial charge in [-0.25, -0.2) is 13.8 Å². The van der Waals surface area contributed by atoms with E-state index in [4.69, 9.17) is 11.6 Å². The number of nitrogens with one attached hydrogen (secondary N) is 1. The number of piperazine rings is 1. The number of pyridine rings is 1. The van der Waals surface area contributed by atoms with Crippen molar-refractivity contribution in [2.75, 3.05) is 31.1 Å². The molecule has 40 heavy (non-hydrogen) atoms. The average molecular weight is 586 g/mol. The fourth-order valence-corrected chi connectivity index (χ4v) is 7.29. The quantitative estimate of drug-likeness (QED) is 0.432. The van der Waals surface area contributed by atoms with Crippen LogP contribution in [0.25, 0.3) is 10.8 Å². The number of rotatable bonds is 7. The number of carbonyl (C=O) groups is 2. The zero-order valence-corrected chi connectivity index (χ0v) is 24.0. The van der Waals surface area contributed by atoms with Crippen LogP contribution in [0.4, 0.5) is 5.69 Å². The number of nitrogens with zero attached hydrogens (tertiary/aromatic N) is 4. The molecule has 1 atom stereocenters. The lowest BCUT2D eigenvalue weighted by atomic mass is 9.94. The second-order valence-electron chi connectivity index (χ2n) is 10.8. The number of hydrazine groups is 1. The van der Waals surface area contributed by atoms with Crippen molar-refractivity contribution < 1.29 is 23.1 Å². The van der Waals surface area contributed by atoms with Gasteiger partial charge in [-0.3, -0.25) is 19.6 Å². The normalized spacial score (nSPS) is 21.2. The van der Waals surface area contributed by atoms with Gasteiger partial charge in [0.05, 0.1) is 23.4 Å². The molecular formula is C28H32ClN5O5S. The van der Waals surface area contributed by atoms with Crippen LogP contribution in [0, 0.1) is 6.92 Å². The molecule has 0 aliphatic carbocycles. The molecule has 212 valence electrons. The lowest BCUT2D eigenvalue weighted by Gasteiger charge is -2.49. The third kappa shape index (κ3) is 5.78. The van der Waals surface area contributed by atoms with Crippen LogP contribution in [0.1, 0.15) is 31.9 Å². The third-order valence-electron chi connectivity index (χ3n) is 7.61. The first-order valence-corrected chi connectivity index (χ1v) is 14.9. The lowest BCUT2D eigenvalue weighted by molar-refractivity contribution is -0.155. The molecule has 5 rings (SSSR count). The van der Waals surface area contributed by atoms with E-state index < -0.39 is 40.4 Å². The number of carbonyl (C=O) groups excluding carboxylic acids is 1. The molecule has 0 bridgehead atoms. The molecule has 1 unspecified atom stereocenters. The highest BCUT2D eigenvalue weighted by molar-refractivity contribution is 7.89. The maximum Gasteiger partial charge on any atom is 0.305 e.